The maximum Gasteiger partial charge on any atom is 0.305 e. The number of amides is 1. The Hall–Kier alpha value is -1.14. The second kappa shape index (κ2) is 10.6. The minimum Gasteiger partial charge on any atom is -0.481 e. The molecular formula is C15H28N2O4. The van der Waals surface area contributed by atoms with Gasteiger partial charge in [0.15, 0.2) is 0 Å². The average molecular weight is 300 g/mol. The van der Waals surface area contributed by atoms with Crippen LogP contribution in [0, 0.1) is 0 Å². The molecule has 1 fully saturated rings. The fraction of sp³-hybridized carbons (Fsp3) is 0.867. The zero-order chi connectivity index (χ0) is 15.5. The summed E-state index contributed by atoms with van der Waals surface area (Å²) in [5, 5.41) is 8.79. The number of aliphatic carboxylic acids is 1. The molecule has 0 atom stereocenters. The summed E-state index contributed by atoms with van der Waals surface area (Å²) in [6, 6.07) is 0. The van der Waals surface area contributed by atoms with Crippen molar-refractivity contribution >= 4 is 11.9 Å². The molecule has 0 radical (unpaired) electrons. The number of hydrogen-bond donors (Lipinski definition) is 1. The largest absolute Gasteiger partial charge is 0.481 e. The Balaban J connectivity index is 2.32. The van der Waals surface area contributed by atoms with Crippen molar-refractivity contribution in [1.82, 2.24) is 9.80 Å². The highest BCUT2D eigenvalue weighted by atomic mass is 16.5. The fourth-order valence-electron chi connectivity index (χ4n) is 2.39. The summed E-state index contributed by atoms with van der Waals surface area (Å²) in [6.45, 7) is 7.39. The summed E-state index contributed by atoms with van der Waals surface area (Å²) in [5.74, 6) is -0.767. The number of rotatable bonds is 10. The minimum absolute atomic E-state index is 0.0232. The molecule has 21 heavy (non-hydrogen) atoms. The van der Waals surface area contributed by atoms with Crippen LogP contribution in [-0.2, 0) is 14.3 Å². The first kappa shape index (κ1) is 17.9. The predicted octanol–water partition coefficient (Wildman–Crippen LogP) is 1.20. The van der Waals surface area contributed by atoms with Gasteiger partial charge in [-0.25, -0.2) is 0 Å². The lowest BCUT2D eigenvalue weighted by Crippen LogP contribution is -2.39. The number of hydrogen-bond acceptors (Lipinski definition) is 4. The number of carbonyl (C=O) groups is 2. The number of ether oxygens (including phenoxy) is 1. The highest BCUT2D eigenvalue weighted by Crippen LogP contribution is 2.05. The number of unbranched alkanes of at least 4 members (excludes halogenated alkanes) is 1. The van der Waals surface area contributed by atoms with E-state index in [4.69, 9.17) is 9.84 Å². The van der Waals surface area contributed by atoms with E-state index in [-0.39, 0.29) is 12.3 Å². The summed E-state index contributed by atoms with van der Waals surface area (Å²) < 4.78 is 5.30. The summed E-state index contributed by atoms with van der Waals surface area (Å²) >= 11 is 0. The standard InChI is InChI=1S/C15H28N2O4/c1-2-3-5-14(18)17(9-6-15(19)20)8-4-7-16-10-12-21-13-11-16/h2-13H2,1H3,(H,19,20). The van der Waals surface area contributed by atoms with E-state index in [2.05, 4.69) is 4.90 Å². The normalized spacial score (nSPS) is 15.9. The Kier molecular flexibility index (Phi) is 9.01. The van der Waals surface area contributed by atoms with Crippen LogP contribution in [0.1, 0.15) is 39.0 Å². The molecule has 1 aliphatic rings. The Morgan fingerprint density at radius 2 is 1.86 bits per heavy atom. The number of carbonyl (C=O) groups excluding carboxylic acids is 1. The first-order valence-corrected chi connectivity index (χ1v) is 7.93. The van der Waals surface area contributed by atoms with E-state index >= 15 is 0 Å². The third-order valence-electron chi connectivity index (χ3n) is 3.70. The van der Waals surface area contributed by atoms with Gasteiger partial charge in [-0.2, -0.15) is 0 Å². The van der Waals surface area contributed by atoms with Crippen LogP contribution in [0.4, 0.5) is 0 Å². The summed E-state index contributed by atoms with van der Waals surface area (Å²) in [4.78, 5) is 26.8. The Morgan fingerprint density at radius 1 is 1.14 bits per heavy atom. The molecule has 1 heterocycles. The van der Waals surface area contributed by atoms with Crippen molar-refractivity contribution in [2.24, 2.45) is 0 Å². The molecule has 0 aliphatic carbocycles. The van der Waals surface area contributed by atoms with Crippen molar-refractivity contribution in [3.05, 3.63) is 0 Å². The molecule has 0 saturated carbocycles. The molecule has 1 aliphatic heterocycles. The van der Waals surface area contributed by atoms with Crippen molar-refractivity contribution in [2.45, 2.75) is 39.0 Å². The van der Waals surface area contributed by atoms with Crippen molar-refractivity contribution < 1.29 is 19.4 Å². The van der Waals surface area contributed by atoms with Gasteiger partial charge in [0.05, 0.1) is 19.6 Å². The van der Waals surface area contributed by atoms with E-state index in [1.165, 1.54) is 0 Å². The van der Waals surface area contributed by atoms with Gasteiger partial charge in [0.25, 0.3) is 0 Å². The molecule has 0 unspecified atom stereocenters. The molecule has 6 heteroatoms. The van der Waals surface area contributed by atoms with Gasteiger partial charge in [-0.15, -0.1) is 0 Å². The lowest BCUT2D eigenvalue weighted by molar-refractivity contribution is -0.138. The van der Waals surface area contributed by atoms with Crippen molar-refractivity contribution in [1.29, 1.82) is 0 Å². The van der Waals surface area contributed by atoms with Gasteiger partial charge in [0.2, 0.25) is 5.91 Å². The second-order valence-corrected chi connectivity index (χ2v) is 5.44. The molecule has 1 rings (SSSR count). The van der Waals surface area contributed by atoms with Gasteiger partial charge < -0.3 is 14.7 Å². The SMILES string of the molecule is CCCCC(=O)N(CCCN1CCOCC1)CCC(=O)O. The quantitative estimate of drug-likeness (QED) is 0.656. The molecule has 0 spiro atoms. The van der Waals surface area contributed by atoms with E-state index in [0.717, 1.165) is 52.1 Å². The van der Waals surface area contributed by atoms with Crippen LogP contribution in [0.15, 0.2) is 0 Å². The first-order valence-electron chi connectivity index (χ1n) is 7.93. The lowest BCUT2D eigenvalue weighted by atomic mass is 10.2. The molecule has 0 bridgehead atoms. The van der Waals surface area contributed by atoms with E-state index in [1.807, 2.05) is 6.92 Å². The molecule has 6 nitrogen and oxygen atoms in total. The van der Waals surface area contributed by atoms with Crippen molar-refractivity contribution in [2.75, 3.05) is 45.9 Å². The summed E-state index contributed by atoms with van der Waals surface area (Å²) in [5.41, 5.74) is 0. The Bertz CT molecular complexity index is 317. The van der Waals surface area contributed by atoms with E-state index in [9.17, 15) is 9.59 Å². The molecule has 1 saturated heterocycles. The molecule has 0 aromatic rings. The Morgan fingerprint density at radius 3 is 2.48 bits per heavy atom. The fourth-order valence-corrected chi connectivity index (χ4v) is 2.39. The van der Waals surface area contributed by atoms with Crippen molar-refractivity contribution in [3.8, 4) is 0 Å². The molecule has 0 aromatic carbocycles. The monoisotopic (exact) mass is 300 g/mol. The predicted molar refractivity (Wildman–Crippen MR) is 80.2 cm³/mol. The van der Waals surface area contributed by atoms with E-state index in [0.29, 0.717) is 19.5 Å². The first-order chi connectivity index (χ1) is 10.1. The third-order valence-corrected chi connectivity index (χ3v) is 3.70. The summed E-state index contributed by atoms with van der Waals surface area (Å²) in [6.07, 6.45) is 3.28. The van der Waals surface area contributed by atoms with Crippen molar-refractivity contribution in [3.63, 3.8) is 0 Å². The molecule has 0 aromatic heterocycles. The second-order valence-electron chi connectivity index (χ2n) is 5.44. The Labute approximate surface area is 127 Å². The number of carboxylic acids is 1. The zero-order valence-corrected chi connectivity index (χ0v) is 13.1. The molecule has 1 amide bonds. The van der Waals surface area contributed by atoms with Crippen LogP contribution in [-0.4, -0.2) is 72.7 Å². The van der Waals surface area contributed by atoms with Gasteiger partial charge >= 0.3 is 5.97 Å². The average Bonchev–Trinajstić information content (AvgIpc) is 2.49. The maximum atomic E-state index is 12.1. The summed E-state index contributed by atoms with van der Waals surface area (Å²) in [7, 11) is 0. The minimum atomic E-state index is -0.850. The van der Waals surface area contributed by atoms with Gasteiger partial charge in [-0.05, 0) is 12.8 Å². The van der Waals surface area contributed by atoms with Crippen LogP contribution < -0.4 is 0 Å². The van der Waals surface area contributed by atoms with Crippen LogP contribution >= 0.6 is 0 Å². The van der Waals surface area contributed by atoms with Gasteiger partial charge in [0, 0.05) is 39.1 Å². The van der Waals surface area contributed by atoms with Gasteiger partial charge in [0.1, 0.15) is 0 Å². The van der Waals surface area contributed by atoms with E-state index in [1.54, 1.807) is 4.90 Å². The highest BCUT2D eigenvalue weighted by molar-refractivity contribution is 5.77. The molecular weight excluding hydrogens is 272 g/mol. The highest BCUT2D eigenvalue weighted by Gasteiger charge is 2.15. The van der Waals surface area contributed by atoms with E-state index < -0.39 is 5.97 Å². The smallest absolute Gasteiger partial charge is 0.305 e. The third kappa shape index (κ3) is 8.02. The zero-order valence-electron chi connectivity index (χ0n) is 13.1. The molecule has 122 valence electrons. The van der Waals surface area contributed by atoms with Crippen LogP contribution in [0.2, 0.25) is 0 Å². The number of morpholine rings is 1. The number of nitrogens with zero attached hydrogens (tertiary/aromatic N) is 2. The molecule has 1 N–H and O–H groups in total. The van der Waals surface area contributed by atoms with Gasteiger partial charge in [-0.1, -0.05) is 13.3 Å². The topological polar surface area (TPSA) is 70.1 Å². The van der Waals surface area contributed by atoms with Gasteiger partial charge in [-0.3, -0.25) is 14.5 Å². The van der Waals surface area contributed by atoms with Crippen LogP contribution in [0.5, 0.6) is 0 Å². The van der Waals surface area contributed by atoms with Crippen LogP contribution in [0.3, 0.4) is 0 Å². The lowest BCUT2D eigenvalue weighted by Gasteiger charge is -2.28. The number of carboxylic acid groups (broad SMARTS) is 1. The maximum absolute atomic E-state index is 12.1. The van der Waals surface area contributed by atoms with Crippen LogP contribution in [0.25, 0.3) is 0 Å².